The molecule has 0 spiro atoms. The molecule has 0 saturated carbocycles. The number of aliphatic hydroxyl groups excluding tert-OH is 3. The quantitative estimate of drug-likeness (QED) is 0.115. The van der Waals surface area contributed by atoms with Gasteiger partial charge in [-0.25, -0.2) is 0 Å². The molecule has 0 bridgehead atoms. The lowest BCUT2D eigenvalue weighted by Gasteiger charge is -2.45. The summed E-state index contributed by atoms with van der Waals surface area (Å²) in [5.41, 5.74) is 5.67. The molecular formula is C18H32F2N4O9. The Bertz CT molecular complexity index is 687. The molecule has 192 valence electrons. The lowest BCUT2D eigenvalue weighted by Crippen LogP contribution is -2.65. The SMILES string of the molecule is CC(NC(=O)CNC(=O)[C@@H](N)CCCNCC(F)(F)C1(O)CC(O)[C@@H](O)C(CO)O1)C(=O)O. The summed E-state index contributed by atoms with van der Waals surface area (Å²) in [6, 6.07) is -2.18. The van der Waals surface area contributed by atoms with E-state index in [0.29, 0.717) is 0 Å². The number of rotatable bonds is 13. The zero-order chi connectivity index (χ0) is 25.4. The van der Waals surface area contributed by atoms with Crippen molar-refractivity contribution < 1.29 is 53.4 Å². The maximum Gasteiger partial charge on any atom is 0.325 e. The maximum absolute atomic E-state index is 14.5. The largest absolute Gasteiger partial charge is 0.480 e. The fraction of sp³-hybridized carbons (Fsp3) is 0.833. The zero-order valence-electron chi connectivity index (χ0n) is 18.0. The summed E-state index contributed by atoms with van der Waals surface area (Å²) in [7, 11) is 0. The van der Waals surface area contributed by atoms with Crippen LogP contribution in [-0.2, 0) is 19.1 Å². The van der Waals surface area contributed by atoms with Gasteiger partial charge >= 0.3 is 11.9 Å². The number of carbonyl (C=O) groups excluding carboxylic acids is 2. The normalized spacial score (nSPS) is 27.5. The number of aliphatic carboxylic acids is 1. The molecule has 0 aromatic carbocycles. The Hall–Kier alpha value is -2.01. The van der Waals surface area contributed by atoms with E-state index in [-0.39, 0.29) is 19.4 Å². The number of aliphatic hydroxyl groups is 4. The first-order valence-corrected chi connectivity index (χ1v) is 10.2. The Labute approximate surface area is 188 Å². The van der Waals surface area contributed by atoms with Crippen LogP contribution in [0.15, 0.2) is 0 Å². The minimum Gasteiger partial charge on any atom is -0.480 e. The fourth-order valence-electron chi connectivity index (χ4n) is 3.02. The van der Waals surface area contributed by atoms with Gasteiger partial charge in [-0.1, -0.05) is 0 Å². The third-order valence-corrected chi connectivity index (χ3v) is 5.08. The number of hydrogen-bond donors (Lipinski definition) is 9. The van der Waals surface area contributed by atoms with Gasteiger partial charge in [0.2, 0.25) is 17.6 Å². The van der Waals surface area contributed by atoms with Crippen molar-refractivity contribution in [3.8, 4) is 0 Å². The van der Waals surface area contributed by atoms with Crippen LogP contribution in [0.25, 0.3) is 0 Å². The average molecular weight is 486 g/mol. The molecule has 6 atom stereocenters. The number of carboxylic acids is 1. The van der Waals surface area contributed by atoms with E-state index in [1.807, 2.05) is 0 Å². The molecule has 10 N–H and O–H groups in total. The molecular weight excluding hydrogens is 454 g/mol. The third kappa shape index (κ3) is 8.37. The lowest BCUT2D eigenvalue weighted by atomic mass is 9.91. The topological polar surface area (TPSA) is 224 Å². The first-order valence-electron chi connectivity index (χ1n) is 10.2. The highest BCUT2D eigenvalue weighted by molar-refractivity contribution is 5.89. The lowest BCUT2D eigenvalue weighted by molar-refractivity contribution is -0.375. The van der Waals surface area contributed by atoms with E-state index < -0.39 is 86.0 Å². The number of nitrogens with two attached hydrogens (primary N) is 1. The standard InChI is InChI=1S/C18H32F2N4O9/c1-9(16(30)31)24-13(27)6-23-15(29)10(21)3-2-4-22-8-17(19,20)18(32)5-11(26)14(28)12(7-25)33-18/h9-12,14,22,25-26,28,32H,2-8,21H2,1H3,(H,23,29)(H,24,27)(H,30,31)/t9?,10-,11?,12?,14+,18?/m0/s1. The molecule has 1 saturated heterocycles. The van der Waals surface area contributed by atoms with Crippen LogP contribution in [0.1, 0.15) is 26.2 Å². The van der Waals surface area contributed by atoms with Gasteiger partial charge in [-0.2, -0.15) is 8.78 Å². The Morgan fingerprint density at radius 2 is 1.94 bits per heavy atom. The first-order chi connectivity index (χ1) is 15.2. The number of alkyl halides is 2. The van der Waals surface area contributed by atoms with Crippen molar-refractivity contribution in [2.75, 3.05) is 26.2 Å². The molecule has 1 heterocycles. The number of hydrogen-bond acceptors (Lipinski definition) is 10. The molecule has 0 aromatic heterocycles. The molecule has 13 nitrogen and oxygen atoms in total. The molecule has 1 fully saturated rings. The number of carboxylic acid groups (broad SMARTS) is 1. The van der Waals surface area contributed by atoms with Gasteiger partial charge in [-0.15, -0.1) is 0 Å². The van der Waals surface area contributed by atoms with Gasteiger partial charge in [-0.05, 0) is 26.3 Å². The number of ether oxygens (including phenoxy) is 1. The molecule has 0 aromatic rings. The molecule has 4 unspecified atom stereocenters. The highest BCUT2D eigenvalue weighted by atomic mass is 19.3. The van der Waals surface area contributed by atoms with Crippen molar-refractivity contribution in [1.29, 1.82) is 0 Å². The third-order valence-electron chi connectivity index (χ3n) is 5.08. The van der Waals surface area contributed by atoms with E-state index >= 15 is 0 Å². The van der Waals surface area contributed by atoms with E-state index in [4.69, 9.17) is 20.7 Å². The number of nitrogens with one attached hydrogen (secondary N) is 3. The summed E-state index contributed by atoms with van der Waals surface area (Å²) in [6.45, 7) is -1.21. The van der Waals surface area contributed by atoms with Crippen molar-refractivity contribution in [2.24, 2.45) is 5.73 Å². The van der Waals surface area contributed by atoms with Crippen molar-refractivity contribution in [3.05, 3.63) is 0 Å². The van der Waals surface area contributed by atoms with Crippen LogP contribution in [0.3, 0.4) is 0 Å². The van der Waals surface area contributed by atoms with Gasteiger partial charge in [0.25, 0.3) is 0 Å². The van der Waals surface area contributed by atoms with Crippen LogP contribution in [0.4, 0.5) is 8.78 Å². The summed E-state index contributed by atoms with van der Waals surface area (Å²) in [6.07, 6.45) is -5.67. The molecule has 2 amide bonds. The second kappa shape index (κ2) is 12.5. The highest BCUT2D eigenvalue weighted by Gasteiger charge is 2.59. The molecule has 1 rings (SSSR count). The van der Waals surface area contributed by atoms with Gasteiger partial charge in [0, 0.05) is 6.42 Å². The van der Waals surface area contributed by atoms with Crippen molar-refractivity contribution in [2.45, 2.75) is 68.3 Å². The van der Waals surface area contributed by atoms with Crippen LogP contribution >= 0.6 is 0 Å². The summed E-state index contributed by atoms with van der Waals surface area (Å²) >= 11 is 0. The van der Waals surface area contributed by atoms with Gasteiger partial charge in [0.05, 0.1) is 31.8 Å². The molecule has 1 aliphatic heterocycles. The number of halogens is 2. The second-order valence-electron chi connectivity index (χ2n) is 7.86. The van der Waals surface area contributed by atoms with Crippen LogP contribution < -0.4 is 21.7 Å². The predicted octanol–water partition coefficient (Wildman–Crippen LogP) is -3.78. The van der Waals surface area contributed by atoms with Crippen LogP contribution in [0, 0.1) is 0 Å². The molecule has 33 heavy (non-hydrogen) atoms. The minimum absolute atomic E-state index is 0.0299. The maximum atomic E-state index is 14.5. The number of amides is 2. The average Bonchev–Trinajstić information content (AvgIpc) is 2.73. The Kier molecular flexibility index (Phi) is 11.0. The van der Waals surface area contributed by atoms with Gasteiger partial charge < -0.3 is 52.0 Å². The van der Waals surface area contributed by atoms with Gasteiger partial charge in [0.1, 0.15) is 18.2 Å². The Balaban J connectivity index is 2.37. The van der Waals surface area contributed by atoms with E-state index in [9.17, 15) is 38.5 Å². The summed E-state index contributed by atoms with van der Waals surface area (Å²) in [5.74, 6) is -9.65. The van der Waals surface area contributed by atoms with Crippen molar-refractivity contribution in [3.63, 3.8) is 0 Å². The molecule has 0 radical (unpaired) electrons. The summed E-state index contributed by atoms with van der Waals surface area (Å²) < 4.78 is 33.7. The predicted molar refractivity (Wildman–Crippen MR) is 107 cm³/mol. The molecule has 15 heteroatoms. The zero-order valence-corrected chi connectivity index (χ0v) is 18.0. The smallest absolute Gasteiger partial charge is 0.325 e. The summed E-state index contributed by atoms with van der Waals surface area (Å²) in [4.78, 5) is 34.0. The molecule has 1 aliphatic rings. The van der Waals surface area contributed by atoms with E-state index in [1.165, 1.54) is 6.92 Å². The fourth-order valence-corrected chi connectivity index (χ4v) is 3.02. The van der Waals surface area contributed by atoms with Crippen molar-refractivity contribution in [1.82, 2.24) is 16.0 Å². The second-order valence-corrected chi connectivity index (χ2v) is 7.86. The highest BCUT2D eigenvalue weighted by Crippen LogP contribution is 2.39. The van der Waals surface area contributed by atoms with E-state index in [1.54, 1.807) is 0 Å². The van der Waals surface area contributed by atoms with Crippen molar-refractivity contribution >= 4 is 17.8 Å². The Morgan fingerprint density at radius 3 is 2.52 bits per heavy atom. The van der Waals surface area contributed by atoms with E-state index in [0.717, 1.165) is 0 Å². The molecule has 0 aliphatic carbocycles. The van der Waals surface area contributed by atoms with Crippen LogP contribution in [0.5, 0.6) is 0 Å². The Morgan fingerprint density at radius 1 is 1.30 bits per heavy atom. The first kappa shape index (κ1) is 29.0. The summed E-state index contributed by atoms with van der Waals surface area (Å²) in [5, 5.41) is 54.0. The number of carbonyl (C=O) groups is 3. The van der Waals surface area contributed by atoms with Gasteiger partial charge in [0.15, 0.2) is 0 Å². The monoisotopic (exact) mass is 486 g/mol. The van der Waals surface area contributed by atoms with Crippen LogP contribution in [-0.4, -0.2) is 112 Å². The van der Waals surface area contributed by atoms with Gasteiger partial charge in [-0.3, -0.25) is 14.4 Å². The minimum atomic E-state index is -3.89. The van der Waals surface area contributed by atoms with E-state index in [2.05, 4.69) is 16.0 Å². The van der Waals surface area contributed by atoms with Crippen LogP contribution in [0.2, 0.25) is 0 Å².